The Balaban J connectivity index is 1.78. The highest BCUT2D eigenvalue weighted by molar-refractivity contribution is 6.74. The van der Waals surface area contributed by atoms with Crippen LogP contribution in [0.1, 0.15) is 46.5 Å². The Bertz CT molecular complexity index is 459. The first-order valence-electron chi connectivity index (χ1n) is 8.29. The van der Waals surface area contributed by atoms with E-state index in [4.69, 9.17) is 10.2 Å². The van der Waals surface area contributed by atoms with Crippen LogP contribution in [-0.2, 0) is 14.0 Å². The van der Waals surface area contributed by atoms with Gasteiger partial charge < -0.3 is 15.1 Å². The maximum atomic E-state index is 12.4. The average Bonchev–Trinajstić information content (AvgIpc) is 3.03. The molecule has 0 unspecified atom stereocenters. The van der Waals surface area contributed by atoms with Crippen molar-refractivity contribution >= 4 is 20.1 Å². The third-order valence-corrected chi connectivity index (χ3v) is 10.1. The summed E-state index contributed by atoms with van der Waals surface area (Å²) < 4.78 is 6.10. The SMILES string of the molecule is CC(C)(C)[Si](C)(C)OCCCC(=O)N1[C@H](C(N)=O)C[C@@H]2C[C@@H]21. The van der Waals surface area contributed by atoms with Crippen LogP contribution in [0.25, 0.3) is 0 Å². The first-order valence-corrected chi connectivity index (χ1v) is 11.2. The van der Waals surface area contributed by atoms with E-state index in [0.717, 1.165) is 12.8 Å². The number of carbonyl (C=O) groups excluding carboxylic acids is 2. The lowest BCUT2D eigenvalue weighted by molar-refractivity contribution is -0.138. The first-order chi connectivity index (χ1) is 10.0. The molecule has 0 aromatic heterocycles. The van der Waals surface area contributed by atoms with Gasteiger partial charge in [-0.25, -0.2) is 0 Å². The van der Waals surface area contributed by atoms with Crippen LogP contribution < -0.4 is 5.73 Å². The first kappa shape index (κ1) is 17.5. The van der Waals surface area contributed by atoms with Crippen LogP contribution in [0.3, 0.4) is 0 Å². The van der Waals surface area contributed by atoms with Crippen molar-refractivity contribution in [1.29, 1.82) is 0 Å². The summed E-state index contributed by atoms with van der Waals surface area (Å²) in [6.07, 6.45) is 2.95. The van der Waals surface area contributed by atoms with E-state index >= 15 is 0 Å². The van der Waals surface area contributed by atoms with E-state index in [1.807, 2.05) is 0 Å². The van der Waals surface area contributed by atoms with Gasteiger partial charge in [0.05, 0.1) is 0 Å². The summed E-state index contributed by atoms with van der Waals surface area (Å²) in [5.41, 5.74) is 5.42. The number of piperidine rings is 1. The lowest BCUT2D eigenvalue weighted by Gasteiger charge is -2.36. The van der Waals surface area contributed by atoms with E-state index in [9.17, 15) is 9.59 Å². The highest BCUT2D eigenvalue weighted by Crippen LogP contribution is 2.48. The van der Waals surface area contributed by atoms with Crippen LogP contribution in [0, 0.1) is 5.92 Å². The molecule has 6 heteroatoms. The molecular weight excluding hydrogens is 296 g/mol. The lowest BCUT2D eigenvalue weighted by Crippen LogP contribution is -2.46. The summed E-state index contributed by atoms with van der Waals surface area (Å²) in [7, 11) is -1.74. The van der Waals surface area contributed by atoms with Gasteiger partial charge in [-0.15, -0.1) is 0 Å². The molecule has 5 nitrogen and oxygen atoms in total. The van der Waals surface area contributed by atoms with Crippen LogP contribution >= 0.6 is 0 Å². The summed E-state index contributed by atoms with van der Waals surface area (Å²) in [6, 6.07) is -0.108. The van der Waals surface area contributed by atoms with Crippen molar-refractivity contribution in [2.75, 3.05) is 6.61 Å². The van der Waals surface area contributed by atoms with E-state index in [2.05, 4.69) is 33.9 Å². The summed E-state index contributed by atoms with van der Waals surface area (Å²) in [5, 5.41) is 0.185. The van der Waals surface area contributed by atoms with E-state index in [0.29, 0.717) is 25.4 Å². The normalized spacial score (nSPS) is 27.7. The third-order valence-electron chi connectivity index (χ3n) is 5.52. The molecule has 2 fully saturated rings. The molecule has 1 aliphatic carbocycles. The predicted octanol–water partition coefficient (Wildman–Crippen LogP) is 2.26. The molecule has 126 valence electrons. The number of amides is 2. The Labute approximate surface area is 134 Å². The van der Waals surface area contributed by atoms with Gasteiger partial charge >= 0.3 is 0 Å². The molecule has 0 aromatic carbocycles. The van der Waals surface area contributed by atoms with E-state index in [1.54, 1.807) is 4.90 Å². The molecule has 2 aliphatic rings. The topological polar surface area (TPSA) is 72.6 Å². The van der Waals surface area contributed by atoms with Gasteiger partial charge in [-0.1, -0.05) is 20.8 Å². The fourth-order valence-corrected chi connectivity index (χ4v) is 4.05. The summed E-state index contributed by atoms with van der Waals surface area (Å²) in [4.78, 5) is 25.6. The number of hydrogen-bond donors (Lipinski definition) is 1. The third kappa shape index (κ3) is 3.54. The fraction of sp³-hybridized carbons (Fsp3) is 0.875. The maximum Gasteiger partial charge on any atom is 0.240 e. The minimum absolute atomic E-state index is 0.0626. The number of fused-ring (bicyclic) bond motifs is 1. The number of nitrogens with zero attached hydrogens (tertiary/aromatic N) is 1. The average molecular weight is 327 g/mol. The molecule has 2 amide bonds. The van der Waals surface area contributed by atoms with Gasteiger partial charge in [0, 0.05) is 19.1 Å². The van der Waals surface area contributed by atoms with Crippen LogP contribution in [0.5, 0.6) is 0 Å². The standard InChI is InChI=1S/C16H30N2O3Si/c1-16(2,3)22(4,5)21-8-6-7-14(19)18-12-9-11(12)10-13(18)15(17)20/h11-13H,6-10H2,1-5H3,(H2,17,20)/t11-,12-,13-/m0/s1. The lowest BCUT2D eigenvalue weighted by atomic mass is 10.1. The Hall–Kier alpha value is -0.883. The number of nitrogens with two attached hydrogens (primary N) is 1. The van der Waals surface area contributed by atoms with Crippen LogP contribution in [0.2, 0.25) is 18.1 Å². The van der Waals surface area contributed by atoms with Crippen molar-refractivity contribution in [2.24, 2.45) is 11.7 Å². The number of rotatable bonds is 6. The number of hydrogen-bond acceptors (Lipinski definition) is 3. The maximum absolute atomic E-state index is 12.4. The molecule has 1 saturated heterocycles. The van der Waals surface area contributed by atoms with Crippen LogP contribution in [0.15, 0.2) is 0 Å². The van der Waals surface area contributed by atoms with Crippen molar-refractivity contribution < 1.29 is 14.0 Å². The largest absolute Gasteiger partial charge is 0.417 e. The van der Waals surface area contributed by atoms with E-state index in [-0.39, 0.29) is 28.9 Å². The number of primary amides is 1. The van der Waals surface area contributed by atoms with Crippen molar-refractivity contribution in [2.45, 2.75) is 76.7 Å². The van der Waals surface area contributed by atoms with Gasteiger partial charge in [0.2, 0.25) is 11.8 Å². The zero-order valence-electron chi connectivity index (χ0n) is 14.5. The van der Waals surface area contributed by atoms with Gasteiger partial charge in [-0.2, -0.15) is 0 Å². The van der Waals surface area contributed by atoms with Crippen molar-refractivity contribution in [3.63, 3.8) is 0 Å². The molecule has 1 heterocycles. The molecule has 0 bridgehead atoms. The fourth-order valence-electron chi connectivity index (χ4n) is 2.97. The van der Waals surface area contributed by atoms with Crippen molar-refractivity contribution in [3.05, 3.63) is 0 Å². The van der Waals surface area contributed by atoms with E-state index < -0.39 is 8.32 Å². The molecule has 22 heavy (non-hydrogen) atoms. The Morgan fingerprint density at radius 1 is 1.27 bits per heavy atom. The Morgan fingerprint density at radius 2 is 1.91 bits per heavy atom. The van der Waals surface area contributed by atoms with E-state index in [1.165, 1.54) is 0 Å². The minimum atomic E-state index is -1.74. The molecule has 0 aromatic rings. The molecular formula is C16H30N2O3Si. The highest BCUT2D eigenvalue weighted by atomic mass is 28.4. The van der Waals surface area contributed by atoms with Crippen molar-refractivity contribution in [1.82, 2.24) is 4.90 Å². The number of carbonyl (C=O) groups is 2. The molecule has 2 N–H and O–H groups in total. The molecule has 0 spiro atoms. The monoisotopic (exact) mass is 326 g/mol. The van der Waals surface area contributed by atoms with Gasteiger partial charge in [0.25, 0.3) is 0 Å². The second-order valence-corrected chi connectivity index (χ2v) is 13.0. The second-order valence-electron chi connectivity index (χ2n) is 8.23. The zero-order chi connectivity index (χ0) is 16.7. The quantitative estimate of drug-likeness (QED) is 0.601. The van der Waals surface area contributed by atoms with Crippen LogP contribution in [-0.4, -0.2) is 43.7 Å². The van der Waals surface area contributed by atoms with Gasteiger partial charge in [0.1, 0.15) is 6.04 Å². The smallest absolute Gasteiger partial charge is 0.240 e. The molecule has 1 aliphatic heterocycles. The molecule has 1 saturated carbocycles. The Kier molecular flexibility index (Phi) is 4.73. The minimum Gasteiger partial charge on any atom is -0.417 e. The molecule has 0 radical (unpaired) electrons. The summed E-state index contributed by atoms with van der Waals surface area (Å²) in [6.45, 7) is 11.7. The van der Waals surface area contributed by atoms with Crippen molar-refractivity contribution in [3.8, 4) is 0 Å². The zero-order valence-corrected chi connectivity index (χ0v) is 15.5. The molecule has 3 atom stereocenters. The summed E-state index contributed by atoms with van der Waals surface area (Å²) >= 11 is 0. The van der Waals surface area contributed by atoms with Gasteiger partial charge in [-0.05, 0) is 43.3 Å². The predicted molar refractivity (Wildman–Crippen MR) is 88.7 cm³/mol. The number of likely N-dealkylation sites (tertiary alicyclic amines) is 1. The van der Waals surface area contributed by atoms with Crippen LogP contribution in [0.4, 0.5) is 0 Å². The second kappa shape index (κ2) is 5.96. The van der Waals surface area contributed by atoms with Gasteiger partial charge in [0.15, 0.2) is 8.32 Å². The highest BCUT2D eigenvalue weighted by Gasteiger charge is 2.55. The molecule has 2 rings (SSSR count). The Morgan fingerprint density at radius 3 is 2.45 bits per heavy atom. The summed E-state index contributed by atoms with van der Waals surface area (Å²) in [5.74, 6) is 0.204. The van der Waals surface area contributed by atoms with Gasteiger partial charge in [-0.3, -0.25) is 9.59 Å².